The van der Waals surface area contributed by atoms with Crippen molar-refractivity contribution < 1.29 is 9.53 Å². The zero-order valence-corrected chi connectivity index (χ0v) is 19.3. The van der Waals surface area contributed by atoms with E-state index >= 15 is 0 Å². The second-order valence-corrected chi connectivity index (χ2v) is 8.24. The summed E-state index contributed by atoms with van der Waals surface area (Å²) in [6.45, 7) is 4.84. The highest BCUT2D eigenvalue weighted by molar-refractivity contribution is 7.80. The molecule has 0 aromatic carbocycles. The number of hydrogen-bond acceptors (Lipinski definition) is 5. The molecule has 3 aromatic heterocycles. The number of carbonyl (C=O) groups is 1. The Balaban J connectivity index is 1.74. The average Bonchev–Trinajstić information content (AvgIpc) is 3.29. The van der Waals surface area contributed by atoms with Crippen LogP contribution in [0.4, 0.5) is 0 Å². The molecule has 4 heterocycles. The molecule has 2 atom stereocenters. The van der Waals surface area contributed by atoms with Gasteiger partial charge in [0.1, 0.15) is 5.82 Å². The van der Waals surface area contributed by atoms with Crippen molar-refractivity contribution in [2.45, 2.75) is 38.8 Å². The summed E-state index contributed by atoms with van der Waals surface area (Å²) < 4.78 is 6.97. The van der Waals surface area contributed by atoms with Crippen LogP contribution in [0, 0.1) is 13.8 Å². The second kappa shape index (κ2) is 9.48. The van der Waals surface area contributed by atoms with Crippen LogP contribution >= 0.6 is 12.2 Å². The van der Waals surface area contributed by atoms with Gasteiger partial charge in [0.15, 0.2) is 5.11 Å². The van der Waals surface area contributed by atoms with Gasteiger partial charge in [-0.1, -0.05) is 12.1 Å². The minimum atomic E-state index is -0.214. The lowest BCUT2D eigenvalue weighted by molar-refractivity contribution is -0.140. The Hall–Kier alpha value is -3.26. The van der Waals surface area contributed by atoms with Crippen molar-refractivity contribution in [1.29, 1.82) is 0 Å². The van der Waals surface area contributed by atoms with Crippen molar-refractivity contribution >= 4 is 23.3 Å². The molecule has 1 N–H and O–H groups in total. The van der Waals surface area contributed by atoms with Crippen molar-refractivity contribution in [3.05, 3.63) is 77.5 Å². The molecule has 3 aromatic rings. The number of ether oxygens (including phenoxy) is 1. The molecule has 8 heteroatoms. The van der Waals surface area contributed by atoms with E-state index in [9.17, 15) is 4.79 Å². The van der Waals surface area contributed by atoms with Gasteiger partial charge in [-0.25, -0.2) is 4.98 Å². The van der Waals surface area contributed by atoms with Gasteiger partial charge in [-0.3, -0.25) is 9.78 Å². The van der Waals surface area contributed by atoms with Crippen LogP contribution in [0.2, 0.25) is 0 Å². The first-order chi connectivity index (χ1) is 15.5. The van der Waals surface area contributed by atoms with Crippen molar-refractivity contribution in [1.82, 2.24) is 24.8 Å². The Morgan fingerprint density at radius 3 is 2.56 bits per heavy atom. The van der Waals surface area contributed by atoms with E-state index < -0.39 is 0 Å². The summed E-state index contributed by atoms with van der Waals surface area (Å²) in [6, 6.07) is 13.9. The molecule has 0 aliphatic carbocycles. The molecular formula is C24H27N5O2S. The van der Waals surface area contributed by atoms with E-state index in [0.29, 0.717) is 24.5 Å². The first-order valence-corrected chi connectivity index (χ1v) is 11.1. The number of aryl methyl sites for hydroxylation is 1. The number of methoxy groups -OCH3 is 1. The number of nitrogens with zero attached hydrogens (tertiary/aromatic N) is 4. The third-order valence-electron chi connectivity index (χ3n) is 5.87. The summed E-state index contributed by atoms with van der Waals surface area (Å²) in [6.07, 6.45) is 4.60. The van der Waals surface area contributed by atoms with Gasteiger partial charge >= 0.3 is 5.97 Å². The van der Waals surface area contributed by atoms with E-state index in [1.54, 1.807) is 12.4 Å². The average molecular weight is 450 g/mol. The molecule has 32 heavy (non-hydrogen) atoms. The van der Waals surface area contributed by atoms with Crippen LogP contribution in [0.1, 0.15) is 47.6 Å². The summed E-state index contributed by atoms with van der Waals surface area (Å²) in [4.78, 5) is 23.0. The first-order valence-electron chi connectivity index (χ1n) is 10.7. The zero-order chi connectivity index (χ0) is 22.7. The van der Waals surface area contributed by atoms with Crippen LogP contribution in [-0.2, 0) is 9.53 Å². The van der Waals surface area contributed by atoms with E-state index in [-0.39, 0.29) is 18.1 Å². The van der Waals surface area contributed by atoms with E-state index in [1.807, 2.05) is 36.4 Å². The third-order valence-corrected chi connectivity index (χ3v) is 6.23. The highest BCUT2D eigenvalue weighted by Crippen LogP contribution is 2.41. The molecule has 1 fully saturated rings. The van der Waals surface area contributed by atoms with Gasteiger partial charge in [-0.15, -0.1) is 0 Å². The first kappa shape index (κ1) is 22.0. The smallest absolute Gasteiger partial charge is 0.305 e. The van der Waals surface area contributed by atoms with Gasteiger partial charge in [-0.2, -0.15) is 0 Å². The number of pyridine rings is 2. The topological polar surface area (TPSA) is 72.3 Å². The zero-order valence-electron chi connectivity index (χ0n) is 18.5. The quantitative estimate of drug-likeness (QED) is 0.434. The van der Waals surface area contributed by atoms with Crippen LogP contribution in [0.15, 0.2) is 54.9 Å². The van der Waals surface area contributed by atoms with Crippen LogP contribution < -0.4 is 5.32 Å². The molecule has 1 aliphatic heterocycles. The Kier molecular flexibility index (Phi) is 6.50. The Morgan fingerprint density at radius 1 is 1.16 bits per heavy atom. The van der Waals surface area contributed by atoms with Crippen molar-refractivity contribution in [2.24, 2.45) is 0 Å². The summed E-state index contributed by atoms with van der Waals surface area (Å²) >= 11 is 5.73. The summed E-state index contributed by atoms with van der Waals surface area (Å²) in [5.74, 6) is 0.670. The maximum Gasteiger partial charge on any atom is 0.305 e. The molecule has 0 unspecified atom stereocenters. The fourth-order valence-corrected chi connectivity index (χ4v) is 4.74. The Labute approximate surface area is 193 Å². The fraction of sp³-hybridized carbons (Fsp3) is 0.333. The lowest BCUT2D eigenvalue weighted by Gasteiger charge is -2.28. The standard InChI is InChI=1S/C24H27N5O2S/c1-16-15-18(17(2)29(16)20-10-5-7-13-26-20)23-22(19-9-4-6-12-25-19)27-24(32)28(23)14-8-11-21(30)31-3/h4-7,9-10,12-13,15,22-23H,8,11,14H2,1-3H3,(H,27,32)/t22-,23-/m1/s1. The minimum Gasteiger partial charge on any atom is -0.469 e. The monoisotopic (exact) mass is 449 g/mol. The van der Waals surface area contributed by atoms with E-state index in [1.165, 1.54) is 7.11 Å². The maximum absolute atomic E-state index is 11.7. The third kappa shape index (κ3) is 4.23. The van der Waals surface area contributed by atoms with Gasteiger partial charge in [0.05, 0.1) is 24.9 Å². The second-order valence-electron chi connectivity index (χ2n) is 7.85. The molecule has 0 radical (unpaired) electrons. The predicted octanol–water partition coefficient (Wildman–Crippen LogP) is 3.81. The molecule has 0 spiro atoms. The predicted molar refractivity (Wildman–Crippen MR) is 126 cm³/mol. The van der Waals surface area contributed by atoms with E-state index in [0.717, 1.165) is 28.5 Å². The fourth-order valence-electron chi connectivity index (χ4n) is 4.41. The highest BCUT2D eigenvalue weighted by atomic mass is 32.1. The summed E-state index contributed by atoms with van der Waals surface area (Å²) in [5.41, 5.74) is 4.30. The maximum atomic E-state index is 11.7. The highest BCUT2D eigenvalue weighted by Gasteiger charge is 2.41. The molecule has 0 bridgehead atoms. The largest absolute Gasteiger partial charge is 0.469 e. The molecule has 166 valence electrons. The summed E-state index contributed by atoms with van der Waals surface area (Å²) in [5, 5.41) is 4.14. The molecular weight excluding hydrogens is 422 g/mol. The lowest BCUT2D eigenvalue weighted by Crippen LogP contribution is -2.31. The number of aromatic nitrogens is 3. The van der Waals surface area contributed by atoms with Gasteiger partial charge < -0.3 is 19.5 Å². The SMILES string of the molecule is COC(=O)CCCN1C(=S)N[C@H](c2ccccn2)[C@H]1c1cc(C)n(-c2ccccn2)c1C. The number of rotatable bonds is 7. The van der Waals surface area contributed by atoms with Crippen molar-refractivity contribution in [3.8, 4) is 5.82 Å². The van der Waals surface area contributed by atoms with Gasteiger partial charge in [0, 0.05) is 36.7 Å². The molecule has 7 nitrogen and oxygen atoms in total. The van der Waals surface area contributed by atoms with Gasteiger partial charge in [-0.05, 0) is 68.4 Å². The Bertz CT molecular complexity index is 1100. The van der Waals surface area contributed by atoms with Crippen LogP contribution in [0.3, 0.4) is 0 Å². The molecule has 0 saturated carbocycles. The molecule has 1 aliphatic rings. The normalized spacial score (nSPS) is 18.0. The number of hydrogen-bond donors (Lipinski definition) is 1. The van der Waals surface area contributed by atoms with Crippen LogP contribution in [0.5, 0.6) is 0 Å². The minimum absolute atomic E-state index is 0.0568. The van der Waals surface area contributed by atoms with Gasteiger partial charge in [0.2, 0.25) is 0 Å². The molecule has 0 amide bonds. The Morgan fingerprint density at radius 2 is 1.91 bits per heavy atom. The molecule has 4 rings (SSSR count). The van der Waals surface area contributed by atoms with E-state index in [2.05, 4.69) is 44.7 Å². The molecule has 1 saturated heterocycles. The van der Waals surface area contributed by atoms with Crippen molar-refractivity contribution in [3.63, 3.8) is 0 Å². The van der Waals surface area contributed by atoms with E-state index in [4.69, 9.17) is 17.0 Å². The number of carbonyl (C=O) groups excluding carboxylic acids is 1. The lowest BCUT2D eigenvalue weighted by atomic mass is 9.96. The number of thiocarbonyl (C=S) groups is 1. The number of nitrogens with one attached hydrogen (secondary N) is 1. The number of esters is 1. The van der Waals surface area contributed by atoms with Gasteiger partial charge in [0.25, 0.3) is 0 Å². The summed E-state index contributed by atoms with van der Waals surface area (Å²) in [7, 11) is 1.41. The van der Waals surface area contributed by atoms with Crippen molar-refractivity contribution in [2.75, 3.05) is 13.7 Å². The van der Waals surface area contributed by atoms with Crippen LogP contribution in [0.25, 0.3) is 5.82 Å². The van der Waals surface area contributed by atoms with Crippen LogP contribution in [-0.4, -0.2) is 44.2 Å².